The number of hydrogen-bond acceptors (Lipinski definition) is 5. The minimum atomic E-state index is -4.06. The normalized spacial score (nSPS) is 16.4. The van der Waals surface area contributed by atoms with Gasteiger partial charge < -0.3 is 0 Å². The Hall–Kier alpha value is -3.24. The van der Waals surface area contributed by atoms with Crippen molar-refractivity contribution in [1.82, 2.24) is 4.41 Å². The molecule has 7 nitrogen and oxygen atoms in total. The first kappa shape index (κ1) is 23.9. The summed E-state index contributed by atoms with van der Waals surface area (Å²) in [4.78, 5) is -0.0539. The number of hydrazone groups is 1. The van der Waals surface area contributed by atoms with Crippen LogP contribution in [-0.4, -0.2) is 32.7 Å². The van der Waals surface area contributed by atoms with Crippen LogP contribution in [0, 0.1) is 12.7 Å². The van der Waals surface area contributed by atoms with Crippen LogP contribution in [-0.2, 0) is 20.0 Å². The highest BCUT2D eigenvalue weighted by atomic mass is 32.2. The lowest BCUT2D eigenvalue weighted by Crippen LogP contribution is -2.27. The first-order valence-electron chi connectivity index (χ1n) is 10.6. The van der Waals surface area contributed by atoms with Crippen molar-refractivity contribution >= 4 is 31.4 Å². The molecule has 0 radical (unpaired) electrons. The van der Waals surface area contributed by atoms with E-state index in [4.69, 9.17) is 0 Å². The molecule has 0 amide bonds. The summed E-state index contributed by atoms with van der Waals surface area (Å²) < 4.78 is 67.6. The first-order valence-corrected chi connectivity index (χ1v) is 13.7. The summed E-state index contributed by atoms with van der Waals surface area (Å²) >= 11 is 0. The first-order chi connectivity index (χ1) is 16.1. The largest absolute Gasteiger partial charge is 0.284 e. The van der Waals surface area contributed by atoms with Crippen LogP contribution in [0.3, 0.4) is 0 Å². The van der Waals surface area contributed by atoms with Crippen LogP contribution in [0.2, 0.25) is 0 Å². The third-order valence-corrected chi connectivity index (χ3v) is 8.65. The summed E-state index contributed by atoms with van der Waals surface area (Å²) in [6, 6.07) is 18.2. The zero-order valence-electron chi connectivity index (χ0n) is 18.6. The highest BCUT2D eigenvalue weighted by Crippen LogP contribution is 2.38. The van der Waals surface area contributed by atoms with Crippen LogP contribution in [0.25, 0.3) is 0 Å². The van der Waals surface area contributed by atoms with E-state index in [2.05, 4.69) is 9.82 Å². The van der Waals surface area contributed by atoms with Crippen LogP contribution in [0.1, 0.15) is 36.1 Å². The maximum absolute atomic E-state index is 13.5. The van der Waals surface area contributed by atoms with Gasteiger partial charge in [-0.3, -0.25) is 4.72 Å². The number of rotatable bonds is 7. The number of anilines is 1. The molecule has 1 N–H and O–H groups in total. The Morgan fingerprint density at radius 3 is 2.24 bits per heavy atom. The molecule has 0 fully saturated rings. The van der Waals surface area contributed by atoms with Gasteiger partial charge in [-0.2, -0.15) is 17.9 Å². The SMILES string of the molecule is CCS(=O)(=O)Nc1ccc(C2=NN(S(=O)(=O)c3ccc(F)cc3)[C@@H](c3ccccc3C)C2)cc1. The van der Waals surface area contributed by atoms with E-state index in [0.717, 1.165) is 27.7 Å². The molecule has 0 saturated heterocycles. The molecule has 34 heavy (non-hydrogen) atoms. The molecule has 1 aliphatic heterocycles. The zero-order valence-corrected chi connectivity index (χ0v) is 20.3. The van der Waals surface area contributed by atoms with Gasteiger partial charge >= 0.3 is 0 Å². The van der Waals surface area contributed by atoms with Crippen LogP contribution in [0.15, 0.2) is 82.8 Å². The number of sulfonamides is 2. The van der Waals surface area contributed by atoms with E-state index in [0.29, 0.717) is 23.4 Å². The molecule has 0 spiro atoms. The van der Waals surface area contributed by atoms with Crippen molar-refractivity contribution in [2.75, 3.05) is 10.5 Å². The molecule has 3 aromatic rings. The molecule has 10 heteroatoms. The van der Waals surface area contributed by atoms with Gasteiger partial charge in [0, 0.05) is 12.1 Å². The highest BCUT2D eigenvalue weighted by molar-refractivity contribution is 7.92. The molecule has 0 bridgehead atoms. The molecular formula is C24H24FN3O4S2. The fraction of sp³-hybridized carbons (Fsp3) is 0.208. The zero-order chi connectivity index (χ0) is 24.5. The van der Waals surface area contributed by atoms with Crippen LogP contribution < -0.4 is 4.72 Å². The van der Waals surface area contributed by atoms with Crippen molar-refractivity contribution in [3.8, 4) is 0 Å². The van der Waals surface area contributed by atoms with Crippen molar-refractivity contribution in [2.24, 2.45) is 5.10 Å². The number of nitrogens with one attached hydrogen (secondary N) is 1. The Morgan fingerprint density at radius 1 is 0.971 bits per heavy atom. The second kappa shape index (κ2) is 9.19. The van der Waals surface area contributed by atoms with Crippen LogP contribution in [0.5, 0.6) is 0 Å². The van der Waals surface area contributed by atoms with Crippen molar-refractivity contribution < 1.29 is 21.2 Å². The van der Waals surface area contributed by atoms with E-state index in [1.165, 1.54) is 12.1 Å². The molecule has 1 atom stereocenters. The maximum Gasteiger partial charge on any atom is 0.279 e. The van der Waals surface area contributed by atoms with Gasteiger partial charge in [-0.1, -0.05) is 36.4 Å². The Labute approximate surface area is 199 Å². The van der Waals surface area contributed by atoms with Gasteiger partial charge in [0.15, 0.2) is 0 Å². The van der Waals surface area contributed by atoms with E-state index in [1.807, 2.05) is 31.2 Å². The van der Waals surface area contributed by atoms with Gasteiger partial charge in [0.25, 0.3) is 10.0 Å². The smallest absolute Gasteiger partial charge is 0.279 e. The fourth-order valence-corrected chi connectivity index (χ4v) is 5.84. The summed E-state index contributed by atoms with van der Waals surface area (Å²) in [6.07, 6.45) is 0.325. The van der Waals surface area contributed by atoms with Crippen molar-refractivity contribution in [1.29, 1.82) is 0 Å². The average molecular weight is 502 g/mol. The Kier molecular flexibility index (Phi) is 6.46. The molecule has 0 aromatic heterocycles. The Morgan fingerprint density at radius 2 is 1.62 bits per heavy atom. The molecule has 0 aliphatic carbocycles. The molecule has 3 aromatic carbocycles. The van der Waals surface area contributed by atoms with Gasteiger partial charge in [-0.05, 0) is 66.9 Å². The predicted octanol–water partition coefficient (Wildman–Crippen LogP) is 4.44. The second-order valence-electron chi connectivity index (χ2n) is 7.94. The van der Waals surface area contributed by atoms with Crippen molar-refractivity contribution in [2.45, 2.75) is 31.2 Å². The quantitative estimate of drug-likeness (QED) is 0.518. The van der Waals surface area contributed by atoms with Gasteiger partial charge in [-0.25, -0.2) is 12.8 Å². The summed E-state index contributed by atoms with van der Waals surface area (Å²) in [5.74, 6) is -0.575. The standard InChI is InChI=1S/C24H24FN3O4S2/c1-3-33(29,30)27-20-12-8-18(9-13-20)23-16-24(22-7-5-4-6-17(22)2)28(26-23)34(31,32)21-14-10-19(25)11-15-21/h4-15,24,27H,3,16H2,1-2H3/t24-/m1/s1. The molecule has 178 valence electrons. The van der Waals surface area contributed by atoms with E-state index < -0.39 is 31.9 Å². The minimum Gasteiger partial charge on any atom is -0.284 e. The van der Waals surface area contributed by atoms with Gasteiger partial charge in [-0.15, -0.1) is 0 Å². The predicted molar refractivity (Wildman–Crippen MR) is 130 cm³/mol. The number of nitrogens with zero attached hydrogens (tertiary/aromatic N) is 2. The molecule has 4 rings (SSSR count). The highest BCUT2D eigenvalue weighted by Gasteiger charge is 2.38. The average Bonchev–Trinajstić information content (AvgIpc) is 3.26. The van der Waals surface area contributed by atoms with E-state index in [9.17, 15) is 21.2 Å². The van der Waals surface area contributed by atoms with Crippen molar-refractivity contribution in [3.05, 3.63) is 95.3 Å². The second-order valence-corrected chi connectivity index (χ2v) is 11.7. The lowest BCUT2D eigenvalue weighted by molar-refractivity contribution is 0.370. The van der Waals surface area contributed by atoms with Gasteiger partial charge in [0.2, 0.25) is 10.0 Å². The lowest BCUT2D eigenvalue weighted by atomic mass is 9.96. The molecule has 1 heterocycles. The maximum atomic E-state index is 13.5. The van der Waals surface area contributed by atoms with Crippen molar-refractivity contribution in [3.63, 3.8) is 0 Å². The third-order valence-electron chi connectivity index (χ3n) is 5.65. The van der Waals surface area contributed by atoms with E-state index >= 15 is 0 Å². The molecule has 0 saturated carbocycles. The lowest BCUT2D eigenvalue weighted by Gasteiger charge is -2.24. The number of hydrogen-bond donors (Lipinski definition) is 1. The van der Waals surface area contributed by atoms with E-state index in [1.54, 1.807) is 31.2 Å². The van der Waals surface area contributed by atoms with Gasteiger partial charge in [0.1, 0.15) is 5.82 Å². The van der Waals surface area contributed by atoms with E-state index in [-0.39, 0.29) is 10.6 Å². The topological polar surface area (TPSA) is 95.9 Å². The van der Waals surface area contributed by atoms with Crippen LogP contribution >= 0.6 is 0 Å². The summed E-state index contributed by atoms with van der Waals surface area (Å²) in [5.41, 5.74) is 3.38. The Balaban J connectivity index is 1.73. The minimum absolute atomic E-state index is 0.0459. The monoisotopic (exact) mass is 501 g/mol. The van der Waals surface area contributed by atoms with Crippen LogP contribution in [0.4, 0.5) is 10.1 Å². The third kappa shape index (κ3) is 4.83. The number of benzene rings is 3. The number of halogens is 1. The summed E-state index contributed by atoms with van der Waals surface area (Å²) in [6.45, 7) is 3.45. The fourth-order valence-electron chi connectivity index (χ4n) is 3.77. The summed E-state index contributed by atoms with van der Waals surface area (Å²) in [7, 11) is -7.47. The van der Waals surface area contributed by atoms with Gasteiger partial charge in [0.05, 0.1) is 22.4 Å². The molecule has 1 aliphatic rings. The number of aryl methyl sites for hydroxylation is 1. The molecular weight excluding hydrogens is 477 g/mol. The molecule has 0 unspecified atom stereocenters. The Bertz CT molecular complexity index is 1440. The summed E-state index contributed by atoms with van der Waals surface area (Å²) in [5, 5.41) is 4.48.